The largest absolute Gasteiger partial charge is 0.504 e. The Morgan fingerprint density at radius 2 is 2.15 bits per heavy atom. The van der Waals surface area contributed by atoms with Crippen LogP contribution in [0.2, 0.25) is 0 Å². The number of nitriles is 1. The highest BCUT2D eigenvalue weighted by molar-refractivity contribution is 5.45. The van der Waals surface area contributed by atoms with E-state index in [0.717, 1.165) is 0 Å². The SMILES string of the molecule is N#CCC(N)c1cccc(O)c1O. The molecule has 1 aromatic rings. The lowest BCUT2D eigenvalue weighted by Gasteiger charge is -2.10. The highest BCUT2D eigenvalue weighted by Crippen LogP contribution is 2.32. The summed E-state index contributed by atoms with van der Waals surface area (Å²) in [5.74, 6) is -0.462. The van der Waals surface area contributed by atoms with Crippen LogP contribution >= 0.6 is 0 Å². The van der Waals surface area contributed by atoms with Gasteiger partial charge in [0.25, 0.3) is 0 Å². The Balaban J connectivity index is 3.02. The Morgan fingerprint density at radius 1 is 1.46 bits per heavy atom. The first-order valence-corrected chi connectivity index (χ1v) is 3.80. The minimum Gasteiger partial charge on any atom is -0.504 e. The van der Waals surface area contributed by atoms with E-state index in [1.54, 1.807) is 12.1 Å². The van der Waals surface area contributed by atoms with Crippen LogP contribution in [-0.2, 0) is 0 Å². The van der Waals surface area contributed by atoms with E-state index in [4.69, 9.17) is 16.1 Å². The molecule has 0 saturated heterocycles. The van der Waals surface area contributed by atoms with Crippen molar-refractivity contribution in [1.29, 1.82) is 5.26 Å². The van der Waals surface area contributed by atoms with Gasteiger partial charge in [-0.05, 0) is 6.07 Å². The molecular weight excluding hydrogens is 168 g/mol. The Labute approximate surface area is 75.8 Å². The molecule has 1 aromatic carbocycles. The summed E-state index contributed by atoms with van der Waals surface area (Å²) in [5.41, 5.74) is 5.97. The fourth-order valence-corrected chi connectivity index (χ4v) is 1.06. The number of phenols is 2. The van der Waals surface area contributed by atoms with Crippen LogP contribution in [0.4, 0.5) is 0 Å². The van der Waals surface area contributed by atoms with E-state index in [1.807, 2.05) is 6.07 Å². The van der Waals surface area contributed by atoms with Gasteiger partial charge in [-0.15, -0.1) is 0 Å². The molecule has 1 atom stereocenters. The van der Waals surface area contributed by atoms with Crippen molar-refractivity contribution in [1.82, 2.24) is 0 Å². The quantitative estimate of drug-likeness (QED) is 0.589. The van der Waals surface area contributed by atoms with Crippen LogP contribution in [0.3, 0.4) is 0 Å². The number of phenolic OH excluding ortho intramolecular Hbond substituents is 2. The molecule has 0 saturated carbocycles. The van der Waals surface area contributed by atoms with Crippen molar-refractivity contribution >= 4 is 0 Å². The van der Waals surface area contributed by atoms with Gasteiger partial charge in [-0.2, -0.15) is 5.26 Å². The molecule has 0 heterocycles. The van der Waals surface area contributed by atoms with Gasteiger partial charge in [0.1, 0.15) is 0 Å². The van der Waals surface area contributed by atoms with Crippen molar-refractivity contribution in [2.45, 2.75) is 12.5 Å². The predicted octanol–water partition coefficient (Wildman–Crippen LogP) is 1.01. The normalized spacial score (nSPS) is 12.0. The molecule has 1 rings (SSSR count). The number of hydrogen-bond donors (Lipinski definition) is 3. The Bertz CT molecular complexity index is 344. The molecule has 0 aromatic heterocycles. The summed E-state index contributed by atoms with van der Waals surface area (Å²) in [4.78, 5) is 0. The monoisotopic (exact) mass is 178 g/mol. The molecule has 0 amide bonds. The molecule has 0 bridgehead atoms. The molecule has 68 valence electrons. The maximum atomic E-state index is 9.36. The summed E-state index contributed by atoms with van der Waals surface area (Å²) in [7, 11) is 0. The number of aromatic hydroxyl groups is 2. The summed E-state index contributed by atoms with van der Waals surface area (Å²) in [6, 6.07) is 5.85. The second-order valence-electron chi connectivity index (χ2n) is 2.68. The van der Waals surface area contributed by atoms with Gasteiger partial charge < -0.3 is 15.9 Å². The van der Waals surface area contributed by atoms with Gasteiger partial charge in [0.15, 0.2) is 11.5 Å². The molecule has 0 spiro atoms. The number of rotatable bonds is 2. The van der Waals surface area contributed by atoms with Gasteiger partial charge in [0.2, 0.25) is 0 Å². The van der Waals surface area contributed by atoms with E-state index in [1.165, 1.54) is 6.07 Å². The van der Waals surface area contributed by atoms with E-state index in [2.05, 4.69) is 0 Å². The van der Waals surface area contributed by atoms with Crippen LogP contribution in [0.25, 0.3) is 0 Å². The first kappa shape index (κ1) is 9.36. The van der Waals surface area contributed by atoms with Crippen LogP contribution < -0.4 is 5.73 Å². The minimum absolute atomic E-state index is 0.108. The summed E-state index contributed by atoms with van der Waals surface area (Å²) < 4.78 is 0. The number of nitrogens with two attached hydrogens (primary N) is 1. The first-order chi connectivity index (χ1) is 6.16. The number of nitrogens with zero attached hydrogens (tertiary/aromatic N) is 1. The van der Waals surface area contributed by atoms with Crippen LogP contribution in [-0.4, -0.2) is 10.2 Å². The molecule has 4 N–H and O–H groups in total. The summed E-state index contributed by atoms with van der Waals surface area (Å²) >= 11 is 0. The lowest BCUT2D eigenvalue weighted by Crippen LogP contribution is -2.09. The molecule has 0 aliphatic heterocycles. The van der Waals surface area contributed by atoms with Crippen molar-refractivity contribution in [3.8, 4) is 17.6 Å². The second kappa shape index (κ2) is 3.78. The zero-order chi connectivity index (χ0) is 9.84. The van der Waals surface area contributed by atoms with Gasteiger partial charge in [0, 0.05) is 11.6 Å². The summed E-state index contributed by atoms with van der Waals surface area (Å²) in [6.07, 6.45) is 0.108. The van der Waals surface area contributed by atoms with Crippen molar-refractivity contribution in [2.75, 3.05) is 0 Å². The average molecular weight is 178 g/mol. The van der Waals surface area contributed by atoms with E-state index < -0.39 is 6.04 Å². The standard InChI is InChI=1S/C9H10N2O2/c10-5-4-7(11)6-2-1-3-8(12)9(6)13/h1-3,7,12-13H,4,11H2. The zero-order valence-corrected chi connectivity index (χ0v) is 6.94. The molecular formula is C9H10N2O2. The van der Waals surface area contributed by atoms with E-state index >= 15 is 0 Å². The second-order valence-corrected chi connectivity index (χ2v) is 2.68. The Hall–Kier alpha value is -1.73. The van der Waals surface area contributed by atoms with Crippen molar-refractivity contribution in [2.24, 2.45) is 5.73 Å². The Morgan fingerprint density at radius 3 is 2.77 bits per heavy atom. The van der Waals surface area contributed by atoms with E-state index in [9.17, 15) is 5.11 Å². The lowest BCUT2D eigenvalue weighted by atomic mass is 10.0. The third kappa shape index (κ3) is 1.89. The molecule has 1 unspecified atom stereocenters. The van der Waals surface area contributed by atoms with E-state index in [-0.39, 0.29) is 17.9 Å². The average Bonchev–Trinajstić information content (AvgIpc) is 2.10. The van der Waals surface area contributed by atoms with Gasteiger partial charge >= 0.3 is 0 Å². The van der Waals surface area contributed by atoms with Crippen molar-refractivity contribution in [3.05, 3.63) is 23.8 Å². The molecule has 0 aliphatic carbocycles. The third-order valence-electron chi connectivity index (χ3n) is 1.76. The molecule has 4 heteroatoms. The molecule has 4 nitrogen and oxygen atoms in total. The van der Waals surface area contributed by atoms with Crippen LogP contribution in [0, 0.1) is 11.3 Å². The van der Waals surface area contributed by atoms with Gasteiger partial charge in [-0.3, -0.25) is 0 Å². The summed E-state index contributed by atoms with van der Waals surface area (Å²) in [5, 5.41) is 26.9. The summed E-state index contributed by atoms with van der Waals surface area (Å²) in [6.45, 7) is 0. The van der Waals surface area contributed by atoms with Gasteiger partial charge in [-0.1, -0.05) is 12.1 Å². The molecule has 0 fully saturated rings. The highest BCUT2D eigenvalue weighted by Gasteiger charge is 2.12. The van der Waals surface area contributed by atoms with Crippen LogP contribution in [0.15, 0.2) is 18.2 Å². The smallest absolute Gasteiger partial charge is 0.162 e. The molecule has 0 radical (unpaired) electrons. The zero-order valence-electron chi connectivity index (χ0n) is 6.94. The fraction of sp³-hybridized carbons (Fsp3) is 0.222. The van der Waals surface area contributed by atoms with Crippen LogP contribution in [0.1, 0.15) is 18.0 Å². The highest BCUT2D eigenvalue weighted by atomic mass is 16.3. The lowest BCUT2D eigenvalue weighted by molar-refractivity contribution is 0.396. The number of para-hydroxylation sites is 1. The Kier molecular flexibility index (Phi) is 2.72. The predicted molar refractivity (Wildman–Crippen MR) is 46.9 cm³/mol. The van der Waals surface area contributed by atoms with Gasteiger partial charge in [0.05, 0.1) is 12.5 Å². The number of hydrogen-bond acceptors (Lipinski definition) is 4. The van der Waals surface area contributed by atoms with Crippen molar-refractivity contribution < 1.29 is 10.2 Å². The molecule has 13 heavy (non-hydrogen) atoms. The fourth-order valence-electron chi connectivity index (χ4n) is 1.06. The molecule has 0 aliphatic rings. The topological polar surface area (TPSA) is 90.3 Å². The van der Waals surface area contributed by atoms with Gasteiger partial charge in [-0.25, -0.2) is 0 Å². The maximum absolute atomic E-state index is 9.36. The van der Waals surface area contributed by atoms with E-state index in [0.29, 0.717) is 5.56 Å². The maximum Gasteiger partial charge on any atom is 0.162 e. The minimum atomic E-state index is -0.558. The van der Waals surface area contributed by atoms with Crippen molar-refractivity contribution in [3.63, 3.8) is 0 Å². The third-order valence-corrected chi connectivity index (χ3v) is 1.76. The number of benzene rings is 1. The first-order valence-electron chi connectivity index (χ1n) is 3.80. The van der Waals surface area contributed by atoms with Crippen LogP contribution in [0.5, 0.6) is 11.5 Å².